The Hall–Kier alpha value is 3.14. The van der Waals surface area contributed by atoms with Crippen LogP contribution in [0.5, 0.6) is 0 Å². The Balaban J connectivity index is 3.76. The third-order valence-electron chi connectivity index (χ3n) is 19.3. The predicted octanol–water partition coefficient (Wildman–Crippen LogP) is 22.4. The second-order valence-corrected chi connectivity index (χ2v) is 133. The van der Waals surface area contributed by atoms with Crippen LogP contribution in [0.4, 0.5) is 0 Å². The number of hydrogen-bond acceptors (Lipinski definition) is 0. The molecular weight excluding hydrogens is 1350 g/mol. The molecule has 2 radical (unpaired) electrons. The molecule has 0 atom stereocenters. The van der Waals surface area contributed by atoms with E-state index in [-0.39, 0.29) is 0 Å². The minimum absolute atomic E-state index is 0.299. The van der Waals surface area contributed by atoms with E-state index in [1.807, 2.05) is 0 Å². The second-order valence-electron chi connectivity index (χ2n) is 41.0. The zero-order valence-corrected chi connectivity index (χ0v) is 81.5. The van der Waals surface area contributed by atoms with Gasteiger partial charge in [-0.3, -0.25) is 0 Å². The Kier molecular flexibility index (Phi) is 24.7. The van der Waals surface area contributed by atoms with E-state index in [1.165, 1.54) is 0 Å². The van der Waals surface area contributed by atoms with Gasteiger partial charge >= 0.3 is 541 Å². The molecule has 0 aliphatic rings. The Morgan fingerprint density at radius 1 is 0.263 bits per heavy atom. The van der Waals surface area contributed by atoms with E-state index in [4.69, 9.17) is 20.0 Å². The monoisotopic (exact) mass is 1490 g/mol. The number of hydrogen-bond donors (Lipinski definition) is 0. The molecule has 18 heteroatoms. The van der Waals surface area contributed by atoms with Gasteiger partial charge in [0.2, 0.25) is 0 Å². The van der Waals surface area contributed by atoms with Crippen molar-refractivity contribution in [1.29, 1.82) is 0 Å². The van der Waals surface area contributed by atoms with Gasteiger partial charge in [-0.1, -0.05) is 0 Å². The van der Waals surface area contributed by atoms with Crippen LogP contribution in [0.2, 0.25) is 285 Å². The molecule has 0 heterocycles. The van der Waals surface area contributed by atoms with E-state index in [1.54, 1.807) is 42.2 Å². The number of rotatable bonds is 25. The molecule has 0 nitrogen and oxygen atoms in total. The van der Waals surface area contributed by atoms with Crippen molar-refractivity contribution in [2.24, 2.45) is 0 Å². The summed E-state index contributed by atoms with van der Waals surface area (Å²) in [6, 6.07) is 12.1. The normalized spacial score (nSPS) is 15.8. The molecule has 0 spiro atoms. The summed E-state index contributed by atoms with van der Waals surface area (Å²) < 4.78 is 4.16. The molecule has 0 unspecified atom stereocenters. The van der Waals surface area contributed by atoms with Crippen LogP contribution < -0.4 is 8.79 Å². The summed E-state index contributed by atoms with van der Waals surface area (Å²) in [5.74, 6) is 0. The molecule has 0 aliphatic heterocycles. The van der Waals surface area contributed by atoms with E-state index in [0.29, 0.717) is 29.2 Å². The maximum absolute atomic E-state index is 8.97. The first-order valence-electron chi connectivity index (χ1n) is 31.9. The first kappa shape index (κ1) is 79.2. The van der Waals surface area contributed by atoms with Crippen molar-refractivity contribution in [2.75, 3.05) is 0 Å². The fourth-order valence-electron chi connectivity index (χ4n) is 22.1. The fraction of sp³-hybridized carbons (Fsp3) is 0.806. The van der Waals surface area contributed by atoms with Crippen molar-refractivity contribution in [3.05, 3.63) is 57.6 Å². The van der Waals surface area contributed by atoms with Gasteiger partial charge in [0.1, 0.15) is 0 Å². The molecule has 0 bridgehead atoms. The van der Waals surface area contributed by atoms with Crippen LogP contribution >= 0.6 is 20.0 Å². The molecule has 2 aromatic rings. The van der Waals surface area contributed by atoms with Gasteiger partial charge in [-0.25, -0.2) is 0 Å². The summed E-state index contributed by atoms with van der Waals surface area (Å²) in [6.07, 6.45) is 0. The van der Waals surface area contributed by atoms with Gasteiger partial charge in [0.25, 0.3) is 0 Å². The van der Waals surface area contributed by atoms with Gasteiger partial charge < -0.3 is 0 Å². The van der Waals surface area contributed by atoms with Crippen LogP contribution in [0.25, 0.3) is 0 Å². The van der Waals surface area contributed by atoms with Crippen LogP contribution in [0, 0.1) is 0 Å². The molecule has 0 fully saturated rings. The van der Waals surface area contributed by atoms with Crippen LogP contribution in [-0.2, 0) is 8.57 Å². The van der Waals surface area contributed by atoms with Crippen LogP contribution in [-0.4, -0.2) is 140 Å². The third kappa shape index (κ3) is 16.4. The van der Waals surface area contributed by atoms with E-state index in [0.717, 1.165) is 10.5 Å². The standard InChI is InChI=1S/C62H138Cl2Ge2Si14/c1-67(2,3)57(68(4,5)6)51-45-49(61(75(25,26)27,76(28,29)30)77(31,32)33)46-52(58(69(7,8)9)70(10,11)12)55(51)65(63)43-44-66(64)56-53(59(71(13,14)15)72(16,17)18)47-50(48-54(56)60(73(19,20)21)74(22,23)24)62(78(34,35)36,79(37,38)39)80(40,41)42/h45-48,57-60H,43-44H2,1-42H3. The molecule has 0 aromatic heterocycles. The van der Waals surface area contributed by atoms with Crippen molar-refractivity contribution in [1.82, 2.24) is 0 Å². The Bertz CT molecular complexity index is 2040. The van der Waals surface area contributed by atoms with Crippen molar-refractivity contribution >= 4 is 169 Å². The first-order chi connectivity index (χ1) is 34.5. The summed E-state index contributed by atoms with van der Waals surface area (Å²) in [4.78, 5) is 0. The molecular formula is C62H138Cl2Ge2Si14. The average molecular weight is 1490 g/mol. The molecule has 0 aliphatic carbocycles. The fourth-order valence-corrected chi connectivity index (χ4v) is 154. The minimum atomic E-state index is -2.55. The van der Waals surface area contributed by atoms with Crippen LogP contribution in [0.15, 0.2) is 24.3 Å². The van der Waals surface area contributed by atoms with Gasteiger partial charge in [0, 0.05) is 0 Å². The summed E-state index contributed by atoms with van der Waals surface area (Å²) in [7, 11) is -7.36. The van der Waals surface area contributed by atoms with E-state index >= 15 is 0 Å². The van der Waals surface area contributed by atoms with Gasteiger partial charge in [0.15, 0.2) is 0 Å². The molecule has 0 saturated heterocycles. The second kappa shape index (κ2) is 25.0. The van der Waals surface area contributed by atoms with Gasteiger partial charge in [-0.15, -0.1) is 0 Å². The Morgan fingerprint density at radius 3 is 0.487 bits per heavy atom. The molecule has 0 N–H and O–H groups in total. The summed E-state index contributed by atoms with van der Waals surface area (Å²) in [5.41, 5.74) is 10.8. The maximum atomic E-state index is 8.97. The average Bonchev–Trinajstić information content (AvgIpc) is 3.05. The summed E-state index contributed by atoms with van der Waals surface area (Å²) in [6.45, 7) is 116. The molecule has 2 aromatic carbocycles. The van der Waals surface area contributed by atoms with Gasteiger partial charge in [-0.2, -0.15) is 0 Å². The summed E-state index contributed by atoms with van der Waals surface area (Å²) >= 11 is -5.10. The number of benzene rings is 2. The molecule has 464 valence electrons. The van der Waals surface area contributed by atoms with Crippen molar-refractivity contribution in [3.63, 3.8) is 0 Å². The number of halogens is 2. The van der Waals surface area contributed by atoms with E-state index in [2.05, 4.69) is 299 Å². The van der Waals surface area contributed by atoms with E-state index < -0.39 is 140 Å². The molecule has 0 amide bonds. The van der Waals surface area contributed by atoms with Crippen molar-refractivity contribution in [2.45, 2.75) is 315 Å². The SMILES string of the molecule is C[Si](C)(C)C(c1cc(C([Si](C)(C)C)([Si](C)(C)C)[Si](C)(C)C)cc(C([Si](C)(C)C)[Si](C)(C)C)[c]1[Ge]([Cl])[CH2][CH2][Ge]([Cl])[c]1c(C([Si](C)(C)C)[Si](C)(C)C)cc(C([Si](C)(C)C)([Si](C)(C)C)[Si](C)(C)C)cc1C([Si](C)(C)C)[Si](C)(C)C)[Si](C)(C)C. The summed E-state index contributed by atoms with van der Waals surface area (Å²) in [5, 5.41) is 4.85. The zero-order chi connectivity index (χ0) is 64.3. The Labute approximate surface area is 535 Å². The quantitative estimate of drug-likeness (QED) is 0.0869. The Morgan fingerprint density at radius 2 is 0.388 bits per heavy atom. The van der Waals surface area contributed by atoms with Crippen LogP contribution in [0.3, 0.4) is 0 Å². The molecule has 0 saturated carbocycles. The van der Waals surface area contributed by atoms with Gasteiger partial charge in [-0.05, 0) is 0 Å². The predicted molar refractivity (Wildman–Crippen MR) is 426 cm³/mol. The third-order valence-corrected chi connectivity index (χ3v) is 112. The van der Waals surface area contributed by atoms with E-state index in [9.17, 15) is 0 Å². The first-order valence-corrected chi connectivity index (χ1v) is 92.1. The zero-order valence-electron chi connectivity index (χ0n) is 61.8. The van der Waals surface area contributed by atoms with Crippen molar-refractivity contribution in [3.8, 4) is 0 Å². The van der Waals surface area contributed by atoms with Crippen LogP contribution in [0.1, 0.15) is 54.0 Å². The molecule has 2 rings (SSSR count). The van der Waals surface area contributed by atoms with Gasteiger partial charge in [0.05, 0.1) is 0 Å². The molecule has 80 heavy (non-hydrogen) atoms. The van der Waals surface area contributed by atoms with Crippen molar-refractivity contribution < 1.29 is 0 Å². The topological polar surface area (TPSA) is 0 Å².